The minimum atomic E-state index is -0.364. The summed E-state index contributed by atoms with van der Waals surface area (Å²) in [6, 6.07) is 19.2. The molecule has 0 radical (unpaired) electrons. The van der Waals surface area contributed by atoms with E-state index in [4.69, 9.17) is 10.5 Å². The highest BCUT2D eigenvalue weighted by molar-refractivity contribution is 7.22. The molecule has 8 nitrogen and oxygen atoms in total. The molecule has 4 rings (SSSR count). The van der Waals surface area contributed by atoms with Gasteiger partial charge in [-0.3, -0.25) is 10.1 Å². The molecule has 0 bridgehead atoms. The Morgan fingerprint density at radius 3 is 2.56 bits per heavy atom. The lowest BCUT2D eigenvalue weighted by Crippen LogP contribution is -2.28. The normalized spacial score (nSPS) is 10.5. The summed E-state index contributed by atoms with van der Waals surface area (Å²) in [7, 11) is 1.60. The highest BCUT2D eigenvalue weighted by Gasteiger charge is 2.10. The van der Waals surface area contributed by atoms with Crippen LogP contribution in [0.15, 0.2) is 66.7 Å². The zero-order valence-electron chi connectivity index (χ0n) is 17.2. The van der Waals surface area contributed by atoms with E-state index in [0.717, 1.165) is 21.5 Å². The van der Waals surface area contributed by atoms with Gasteiger partial charge in [-0.15, -0.1) is 0 Å². The maximum absolute atomic E-state index is 12.4. The van der Waals surface area contributed by atoms with Crippen molar-refractivity contribution in [2.24, 2.45) is 0 Å². The van der Waals surface area contributed by atoms with Gasteiger partial charge in [0.25, 0.3) is 5.91 Å². The van der Waals surface area contributed by atoms with Crippen LogP contribution in [0.5, 0.6) is 5.75 Å². The van der Waals surface area contributed by atoms with Crippen LogP contribution in [0.2, 0.25) is 0 Å². The van der Waals surface area contributed by atoms with E-state index in [1.165, 1.54) is 11.3 Å². The Kier molecular flexibility index (Phi) is 6.18. The summed E-state index contributed by atoms with van der Waals surface area (Å²) >= 11 is 1.37. The number of aromatic nitrogens is 1. The number of nitrogens with zero attached hydrogens (tertiary/aromatic N) is 1. The number of urea groups is 1. The third-order valence-electron chi connectivity index (χ3n) is 4.69. The third-order valence-corrected chi connectivity index (χ3v) is 5.63. The Hall–Kier alpha value is -4.11. The van der Waals surface area contributed by atoms with Gasteiger partial charge in [-0.2, -0.15) is 0 Å². The summed E-state index contributed by atoms with van der Waals surface area (Å²) in [6.07, 6.45) is 0. The van der Waals surface area contributed by atoms with Gasteiger partial charge in [0.2, 0.25) is 0 Å². The molecule has 4 aromatic rings. The Balaban J connectivity index is 1.31. The van der Waals surface area contributed by atoms with Crippen LogP contribution in [-0.2, 0) is 6.54 Å². The number of fused-ring (bicyclic) bond motifs is 1. The smallest absolute Gasteiger partial charge is 0.321 e. The predicted molar refractivity (Wildman–Crippen MR) is 127 cm³/mol. The minimum Gasteiger partial charge on any atom is -0.497 e. The lowest BCUT2D eigenvalue weighted by Gasteiger charge is -2.09. The van der Waals surface area contributed by atoms with Crippen LogP contribution in [0.25, 0.3) is 10.2 Å². The van der Waals surface area contributed by atoms with Crippen LogP contribution >= 0.6 is 11.3 Å². The number of thiazole rings is 1. The van der Waals surface area contributed by atoms with Crippen molar-refractivity contribution in [2.45, 2.75) is 6.54 Å². The number of ether oxygens (including phenoxy) is 1. The Bertz CT molecular complexity index is 1270. The van der Waals surface area contributed by atoms with Crippen molar-refractivity contribution >= 4 is 50.0 Å². The first-order chi connectivity index (χ1) is 15.5. The SMILES string of the molecule is COc1ccc2nc(NC(=O)NCc3ccc(C(=O)Nc4ccccc4N)cc3)sc2c1. The molecule has 5 N–H and O–H groups in total. The van der Waals surface area contributed by atoms with Crippen LogP contribution in [-0.4, -0.2) is 24.0 Å². The summed E-state index contributed by atoms with van der Waals surface area (Å²) in [5.74, 6) is 0.481. The highest BCUT2D eigenvalue weighted by atomic mass is 32.1. The molecule has 0 spiro atoms. The molecular formula is C23H21N5O3S. The lowest BCUT2D eigenvalue weighted by atomic mass is 10.1. The molecular weight excluding hydrogens is 426 g/mol. The van der Waals surface area contributed by atoms with Crippen molar-refractivity contribution in [1.29, 1.82) is 0 Å². The molecule has 0 saturated heterocycles. The standard InChI is InChI=1S/C23H21N5O3S/c1-31-16-10-11-19-20(12-16)32-23(27-19)28-22(30)25-13-14-6-8-15(9-7-14)21(29)26-18-5-3-2-4-17(18)24/h2-12H,13,24H2,1H3,(H,26,29)(H2,25,27,28,30). The number of carbonyl (C=O) groups is 2. The van der Waals surface area contributed by atoms with Gasteiger partial charge >= 0.3 is 6.03 Å². The zero-order chi connectivity index (χ0) is 22.5. The van der Waals surface area contributed by atoms with E-state index in [9.17, 15) is 9.59 Å². The number of nitrogens with two attached hydrogens (primary N) is 1. The van der Waals surface area contributed by atoms with Gasteiger partial charge in [-0.25, -0.2) is 9.78 Å². The Labute approximate surface area is 188 Å². The molecule has 0 aliphatic rings. The number of methoxy groups -OCH3 is 1. The maximum Gasteiger partial charge on any atom is 0.321 e. The average molecular weight is 448 g/mol. The molecule has 32 heavy (non-hydrogen) atoms. The molecule has 9 heteroatoms. The number of nitrogen functional groups attached to an aromatic ring is 1. The first kappa shape index (κ1) is 21.1. The number of benzene rings is 3. The third kappa shape index (κ3) is 4.96. The zero-order valence-corrected chi connectivity index (χ0v) is 18.0. The van der Waals surface area contributed by atoms with Gasteiger partial charge in [0, 0.05) is 12.1 Å². The number of para-hydroxylation sites is 2. The van der Waals surface area contributed by atoms with Gasteiger partial charge in [0.15, 0.2) is 5.13 Å². The van der Waals surface area contributed by atoms with Crippen LogP contribution in [0.1, 0.15) is 15.9 Å². The van der Waals surface area contributed by atoms with Gasteiger partial charge < -0.3 is 21.1 Å². The summed E-state index contributed by atoms with van der Waals surface area (Å²) in [5, 5.41) is 8.81. The van der Waals surface area contributed by atoms with Gasteiger partial charge in [0.05, 0.1) is 28.7 Å². The molecule has 0 unspecified atom stereocenters. The number of hydrogen-bond acceptors (Lipinski definition) is 6. The fraction of sp³-hybridized carbons (Fsp3) is 0.0870. The molecule has 3 amide bonds. The summed E-state index contributed by atoms with van der Waals surface area (Å²) < 4.78 is 6.13. The number of carbonyl (C=O) groups excluding carboxylic acids is 2. The topological polar surface area (TPSA) is 118 Å². The second kappa shape index (κ2) is 9.36. The summed E-state index contributed by atoms with van der Waals surface area (Å²) in [6.45, 7) is 0.304. The first-order valence-corrected chi connectivity index (χ1v) is 10.6. The first-order valence-electron chi connectivity index (χ1n) is 9.76. The number of nitrogens with one attached hydrogen (secondary N) is 3. The van der Waals surface area contributed by atoms with Crippen molar-refractivity contribution < 1.29 is 14.3 Å². The van der Waals surface area contributed by atoms with Gasteiger partial charge in [-0.1, -0.05) is 35.6 Å². The predicted octanol–water partition coefficient (Wildman–Crippen LogP) is 4.46. The minimum absolute atomic E-state index is 0.257. The number of anilines is 3. The Morgan fingerprint density at radius 1 is 1.03 bits per heavy atom. The van der Waals surface area contributed by atoms with E-state index in [1.54, 1.807) is 55.6 Å². The molecule has 0 aliphatic carbocycles. The molecule has 1 aromatic heterocycles. The van der Waals surface area contributed by atoms with E-state index in [2.05, 4.69) is 20.9 Å². The maximum atomic E-state index is 12.4. The molecule has 1 heterocycles. The van der Waals surface area contributed by atoms with Crippen LogP contribution in [0, 0.1) is 0 Å². The van der Waals surface area contributed by atoms with Crippen molar-refractivity contribution in [3.05, 3.63) is 77.9 Å². The lowest BCUT2D eigenvalue weighted by molar-refractivity contribution is 0.102. The van der Waals surface area contributed by atoms with Crippen molar-refractivity contribution in [1.82, 2.24) is 10.3 Å². The van der Waals surface area contributed by atoms with Crippen molar-refractivity contribution in [2.75, 3.05) is 23.5 Å². The Morgan fingerprint density at radius 2 is 1.81 bits per heavy atom. The molecule has 0 saturated carbocycles. The number of hydrogen-bond donors (Lipinski definition) is 4. The van der Waals surface area contributed by atoms with E-state index in [-0.39, 0.29) is 11.9 Å². The number of amides is 3. The van der Waals surface area contributed by atoms with Crippen molar-refractivity contribution in [3.63, 3.8) is 0 Å². The summed E-state index contributed by atoms with van der Waals surface area (Å²) in [4.78, 5) is 29.0. The van der Waals surface area contributed by atoms with Crippen LogP contribution < -0.4 is 26.4 Å². The molecule has 0 fully saturated rings. The van der Waals surface area contributed by atoms with Gasteiger partial charge in [-0.05, 0) is 48.0 Å². The highest BCUT2D eigenvalue weighted by Crippen LogP contribution is 2.29. The van der Waals surface area contributed by atoms with E-state index in [1.807, 2.05) is 18.2 Å². The summed E-state index contributed by atoms with van der Waals surface area (Å²) in [5.41, 5.74) is 9.05. The van der Waals surface area contributed by atoms with E-state index in [0.29, 0.717) is 28.6 Å². The second-order valence-electron chi connectivity index (χ2n) is 6.90. The largest absolute Gasteiger partial charge is 0.497 e. The fourth-order valence-corrected chi connectivity index (χ4v) is 3.88. The van der Waals surface area contributed by atoms with Gasteiger partial charge in [0.1, 0.15) is 5.75 Å². The van der Waals surface area contributed by atoms with E-state index >= 15 is 0 Å². The quantitative estimate of drug-likeness (QED) is 0.326. The second-order valence-corrected chi connectivity index (χ2v) is 7.93. The molecule has 0 aliphatic heterocycles. The average Bonchev–Trinajstić information content (AvgIpc) is 3.20. The van der Waals surface area contributed by atoms with Crippen LogP contribution in [0.3, 0.4) is 0 Å². The molecule has 162 valence electrons. The fourth-order valence-electron chi connectivity index (χ4n) is 2.99. The monoisotopic (exact) mass is 447 g/mol. The molecule has 3 aromatic carbocycles. The number of rotatable bonds is 6. The van der Waals surface area contributed by atoms with E-state index < -0.39 is 0 Å². The van der Waals surface area contributed by atoms with Crippen LogP contribution in [0.4, 0.5) is 21.3 Å². The molecule has 0 atom stereocenters. The van der Waals surface area contributed by atoms with Crippen molar-refractivity contribution in [3.8, 4) is 5.75 Å².